The number of unbranched alkanes of at least 4 members (excludes halogenated alkanes) is 1. The molecule has 0 aliphatic rings. The van der Waals surface area contributed by atoms with Gasteiger partial charge in [-0.05, 0) is 6.42 Å². The van der Waals surface area contributed by atoms with Crippen LogP contribution in [-0.2, 0) is 4.74 Å². The number of nitrogen functional groups attached to an aromatic ring is 1. The Bertz CT molecular complexity index is 544. The molecule has 4 heteroatoms. The fourth-order valence-corrected chi connectivity index (χ4v) is 1.93. The van der Waals surface area contributed by atoms with E-state index in [0.717, 1.165) is 36.5 Å². The van der Waals surface area contributed by atoms with Crippen LogP contribution in [0.15, 0.2) is 42.5 Å². The Hall–Kier alpha value is -2.07. The summed E-state index contributed by atoms with van der Waals surface area (Å²) in [5.41, 5.74) is 7.68. The van der Waals surface area contributed by atoms with E-state index < -0.39 is 0 Å². The first-order valence-corrected chi connectivity index (χ1v) is 7.33. The third kappa shape index (κ3) is 5.08. The summed E-state index contributed by atoms with van der Waals surface area (Å²) in [4.78, 5) is 4.34. The van der Waals surface area contributed by atoms with E-state index in [9.17, 15) is 0 Å². The van der Waals surface area contributed by atoms with Gasteiger partial charge in [-0.3, -0.25) is 0 Å². The van der Waals surface area contributed by atoms with Crippen LogP contribution >= 0.6 is 0 Å². The van der Waals surface area contributed by atoms with Gasteiger partial charge in [-0.1, -0.05) is 43.7 Å². The first-order chi connectivity index (χ1) is 10.3. The van der Waals surface area contributed by atoms with Gasteiger partial charge in [0.1, 0.15) is 18.2 Å². The Balaban J connectivity index is 1.93. The Kier molecular flexibility index (Phi) is 6.03. The molecule has 0 aliphatic carbocycles. The van der Waals surface area contributed by atoms with Crippen molar-refractivity contribution in [3.8, 4) is 17.0 Å². The quantitative estimate of drug-likeness (QED) is 0.754. The molecule has 0 unspecified atom stereocenters. The van der Waals surface area contributed by atoms with Crippen molar-refractivity contribution in [2.24, 2.45) is 0 Å². The molecule has 1 heterocycles. The molecule has 0 saturated heterocycles. The van der Waals surface area contributed by atoms with Gasteiger partial charge < -0.3 is 15.2 Å². The topological polar surface area (TPSA) is 57.4 Å². The maximum absolute atomic E-state index is 5.84. The molecule has 0 bridgehead atoms. The van der Waals surface area contributed by atoms with Crippen molar-refractivity contribution in [3.05, 3.63) is 42.5 Å². The van der Waals surface area contributed by atoms with Gasteiger partial charge in [-0.2, -0.15) is 0 Å². The number of aromatic nitrogens is 1. The van der Waals surface area contributed by atoms with E-state index in [0.29, 0.717) is 19.0 Å². The smallest absolute Gasteiger partial charge is 0.127 e. The number of nitrogens with zero attached hydrogens (tertiary/aromatic N) is 1. The highest BCUT2D eigenvalue weighted by Crippen LogP contribution is 2.23. The van der Waals surface area contributed by atoms with Crippen LogP contribution in [0.25, 0.3) is 11.3 Å². The van der Waals surface area contributed by atoms with Gasteiger partial charge in [-0.15, -0.1) is 0 Å². The largest absolute Gasteiger partial charge is 0.491 e. The van der Waals surface area contributed by atoms with Crippen LogP contribution in [-0.4, -0.2) is 24.8 Å². The zero-order valence-corrected chi connectivity index (χ0v) is 12.4. The van der Waals surface area contributed by atoms with Crippen LogP contribution in [0.4, 0.5) is 5.82 Å². The van der Waals surface area contributed by atoms with Crippen LogP contribution in [0, 0.1) is 0 Å². The van der Waals surface area contributed by atoms with Crippen LogP contribution in [0.1, 0.15) is 19.8 Å². The second-order valence-electron chi connectivity index (χ2n) is 4.79. The summed E-state index contributed by atoms with van der Waals surface area (Å²) in [7, 11) is 0. The van der Waals surface area contributed by atoms with Gasteiger partial charge in [0.15, 0.2) is 0 Å². The van der Waals surface area contributed by atoms with Crippen LogP contribution in [0.3, 0.4) is 0 Å². The highest BCUT2D eigenvalue weighted by atomic mass is 16.5. The fraction of sp³-hybridized carbons (Fsp3) is 0.353. The minimum absolute atomic E-state index is 0.457. The number of benzene rings is 1. The molecule has 0 radical (unpaired) electrons. The first kappa shape index (κ1) is 15.3. The van der Waals surface area contributed by atoms with Crippen molar-refractivity contribution in [2.45, 2.75) is 19.8 Å². The molecule has 2 rings (SSSR count). The highest BCUT2D eigenvalue weighted by Gasteiger charge is 2.04. The van der Waals surface area contributed by atoms with E-state index in [1.54, 1.807) is 6.07 Å². The molecule has 0 atom stereocenters. The number of nitrogens with two attached hydrogens (primary N) is 1. The lowest BCUT2D eigenvalue weighted by Crippen LogP contribution is -2.08. The lowest BCUT2D eigenvalue weighted by atomic mass is 10.1. The number of rotatable bonds is 8. The number of hydrogen-bond acceptors (Lipinski definition) is 4. The van der Waals surface area contributed by atoms with Gasteiger partial charge in [0.25, 0.3) is 0 Å². The molecule has 2 aromatic rings. The number of hydrogen-bond donors (Lipinski definition) is 1. The molecule has 21 heavy (non-hydrogen) atoms. The van der Waals surface area contributed by atoms with E-state index in [1.165, 1.54) is 0 Å². The minimum atomic E-state index is 0.457. The second kappa shape index (κ2) is 8.27. The number of anilines is 1. The maximum atomic E-state index is 5.84. The van der Waals surface area contributed by atoms with E-state index in [1.807, 2.05) is 36.4 Å². The molecule has 1 aromatic carbocycles. The van der Waals surface area contributed by atoms with Crippen molar-refractivity contribution in [1.82, 2.24) is 4.98 Å². The second-order valence-corrected chi connectivity index (χ2v) is 4.79. The average Bonchev–Trinajstić information content (AvgIpc) is 2.51. The van der Waals surface area contributed by atoms with Crippen molar-refractivity contribution in [1.29, 1.82) is 0 Å². The van der Waals surface area contributed by atoms with Crippen LogP contribution < -0.4 is 10.5 Å². The normalized spacial score (nSPS) is 10.5. The summed E-state index contributed by atoms with van der Waals surface area (Å²) in [6.45, 7) is 4.03. The molecular weight excluding hydrogens is 264 g/mol. The van der Waals surface area contributed by atoms with Gasteiger partial charge in [-0.25, -0.2) is 4.98 Å². The highest BCUT2D eigenvalue weighted by molar-refractivity contribution is 5.63. The molecular formula is C17H22N2O2. The van der Waals surface area contributed by atoms with Gasteiger partial charge in [0, 0.05) is 24.3 Å². The van der Waals surface area contributed by atoms with Gasteiger partial charge in [0.2, 0.25) is 0 Å². The molecule has 0 saturated carbocycles. The lowest BCUT2D eigenvalue weighted by molar-refractivity contribution is 0.0981. The summed E-state index contributed by atoms with van der Waals surface area (Å²) >= 11 is 0. The van der Waals surface area contributed by atoms with E-state index in [-0.39, 0.29) is 0 Å². The zero-order chi connectivity index (χ0) is 14.9. The number of pyridine rings is 1. The Morgan fingerprint density at radius 3 is 2.62 bits per heavy atom. The molecule has 2 N–H and O–H groups in total. The summed E-state index contributed by atoms with van der Waals surface area (Å²) in [5.74, 6) is 1.18. The molecule has 1 aromatic heterocycles. The number of ether oxygens (including phenoxy) is 2. The summed E-state index contributed by atoms with van der Waals surface area (Å²) in [6.07, 6.45) is 2.22. The molecule has 0 amide bonds. The molecule has 4 nitrogen and oxygen atoms in total. The Morgan fingerprint density at radius 2 is 1.86 bits per heavy atom. The lowest BCUT2D eigenvalue weighted by Gasteiger charge is -2.09. The van der Waals surface area contributed by atoms with E-state index in [2.05, 4.69) is 11.9 Å². The van der Waals surface area contributed by atoms with Crippen molar-refractivity contribution in [2.75, 3.05) is 25.6 Å². The fourth-order valence-electron chi connectivity index (χ4n) is 1.93. The van der Waals surface area contributed by atoms with Crippen molar-refractivity contribution >= 4 is 5.82 Å². The van der Waals surface area contributed by atoms with E-state index >= 15 is 0 Å². The van der Waals surface area contributed by atoms with Crippen LogP contribution in [0.2, 0.25) is 0 Å². The van der Waals surface area contributed by atoms with Crippen molar-refractivity contribution in [3.63, 3.8) is 0 Å². The summed E-state index contributed by atoms with van der Waals surface area (Å²) in [6, 6.07) is 13.6. The molecule has 0 fully saturated rings. The Labute approximate surface area is 125 Å². The predicted molar refractivity (Wildman–Crippen MR) is 85.3 cm³/mol. The monoisotopic (exact) mass is 286 g/mol. The standard InChI is InChI=1S/C17H22N2O2/c1-2-3-9-20-10-11-21-15-12-16(19-17(18)13-15)14-7-5-4-6-8-14/h4-8,12-13H,2-3,9-11H2,1H3,(H2,18,19). The SMILES string of the molecule is CCCCOCCOc1cc(N)nc(-c2ccccc2)c1. The first-order valence-electron chi connectivity index (χ1n) is 7.33. The minimum Gasteiger partial charge on any atom is -0.491 e. The third-order valence-electron chi connectivity index (χ3n) is 3.03. The summed E-state index contributed by atoms with van der Waals surface area (Å²) in [5, 5.41) is 0. The summed E-state index contributed by atoms with van der Waals surface area (Å²) < 4.78 is 11.2. The Morgan fingerprint density at radius 1 is 1.05 bits per heavy atom. The van der Waals surface area contributed by atoms with Gasteiger partial charge >= 0.3 is 0 Å². The molecule has 0 aliphatic heterocycles. The van der Waals surface area contributed by atoms with Crippen LogP contribution in [0.5, 0.6) is 5.75 Å². The van der Waals surface area contributed by atoms with E-state index in [4.69, 9.17) is 15.2 Å². The molecule has 112 valence electrons. The van der Waals surface area contributed by atoms with Crippen molar-refractivity contribution < 1.29 is 9.47 Å². The zero-order valence-electron chi connectivity index (χ0n) is 12.4. The van der Waals surface area contributed by atoms with Gasteiger partial charge in [0.05, 0.1) is 12.3 Å². The molecule has 0 spiro atoms. The maximum Gasteiger partial charge on any atom is 0.127 e. The predicted octanol–water partition coefficient (Wildman–Crippen LogP) is 3.53. The third-order valence-corrected chi connectivity index (χ3v) is 3.03. The average molecular weight is 286 g/mol.